The summed E-state index contributed by atoms with van der Waals surface area (Å²) in [6.07, 6.45) is 1.73. The summed E-state index contributed by atoms with van der Waals surface area (Å²) in [6, 6.07) is 10.7. The van der Waals surface area contributed by atoms with Crippen LogP contribution in [0.3, 0.4) is 0 Å². The second-order valence-electron chi connectivity index (χ2n) is 6.44. The molecule has 1 amide bonds. The predicted octanol–water partition coefficient (Wildman–Crippen LogP) is 4.54. The van der Waals surface area contributed by atoms with Crippen LogP contribution in [0, 0.1) is 0 Å². The summed E-state index contributed by atoms with van der Waals surface area (Å²) in [5, 5.41) is 12.4. The molecule has 0 fully saturated rings. The van der Waals surface area contributed by atoms with Crippen molar-refractivity contribution in [2.75, 3.05) is 32.4 Å². The number of aromatic nitrogens is 3. The Labute approximate surface area is 195 Å². The molecule has 0 saturated heterocycles. The topological polar surface area (TPSA) is 87.5 Å². The molecular weight excluding hydrogens is 452 g/mol. The zero-order chi connectivity index (χ0) is 23.1. The van der Waals surface area contributed by atoms with E-state index >= 15 is 0 Å². The first-order valence-corrected chi connectivity index (χ1v) is 10.9. The van der Waals surface area contributed by atoms with Crippen molar-refractivity contribution in [1.82, 2.24) is 14.8 Å². The number of anilines is 1. The Morgan fingerprint density at radius 3 is 2.44 bits per heavy atom. The fourth-order valence-electron chi connectivity index (χ4n) is 2.99. The van der Waals surface area contributed by atoms with E-state index in [1.807, 2.05) is 4.57 Å². The average molecular weight is 475 g/mol. The van der Waals surface area contributed by atoms with Gasteiger partial charge in [0.25, 0.3) is 0 Å². The Hall–Kier alpha value is -3.17. The molecule has 0 saturated carbocycles. The molecule has 3 aromatic rings. The van der Waals surface area contributed by atoms with Gasteiger partial charge in [-0.05, 0) is 24.3 Å². The largest absolute Gasteiger partial charge is 0.493 e. The molecule has 10 heteroatoms. The summed E-state index contributed by atoms with van der Waals surface area (Å²) < 4.78 is 18.1. The molecule has 0 atom stereocenters. The molecule has 0 bridgehead atoms. The number of benzene rings is 2. The van der Waals surface area contributed by atoms with Crippen LogP contribution in [0.4, 0.5) is 5.69 Å². The van der Waals surface area contributed by atoms with E-state index in [-0.39, 0.29) is 11.7 Å². The van der Waals surface area contributed by atoms with Crippen molar-refractivity contribution in [3.05, 3.63) is 54.1 Å². The van der Waals surface area contributed by atoms with Gasteiger partial charge in [-0.25, -0.2) is 0 Å². The van der Waals surface area contributed by atoms with Crippen LogP contribution in [0.15, 0.2) is 54.2 Å². The molecule has 3 rings (SSSR count). The number of halogens is 1. The molecule has 1 heterocycles. The fraction of sp³-hybridized carbons (Fsp3) is 0.227. The quantitative estimate of drug-likeness (QED) is 0.341. The molecule has 168 valence electrons. The third-order valence-corrected chi connectivity index (χ3v) is 5.73. The van der Waals surface area contributed by atoms with Gasteiger partial charge in [-0.2, -0.15) is 0 Å². The molecule has 0 aliphatic heterocycles. The van der Waals surface area contributed by atoms with Gasteiger partial charge in [-0.3, -0.25) is 9.36 Å². The molecule has 0 unspecified atom stereocenters. The van der Waals surface area contributed by atoms with Crippen molar-refractivity contribution in [3.63, 3.8) is 0 Å². The third-order valence-electron chi connectivity index (χ3n) is 4.43. The van der Waals surface area contributed by atoms with Gasteiger partial charge >= 0.3 is 0 Å². The summed E-state index contributed by atoms with van der Waals surface area (Å²) in [6.45, 7) is 4.27. The monoisotopic (exact) mass is 474 g/mol. The number of carbonyl (C=O) groups is 1. The van der Waals surface area contributed by atoms with Gasteiger partial charge in [-0.15, -0.1) is 16.8 Å². The Bertz CT molecular complexity index is 1090. The lowest BCUT2D eigenvalue weighted by Gasteiger charge is -2.14. The van der Waals surface area contributed by atoms with E-state index < -0.39 is 0 Å². The van der Waals surface area contributed by atoms with Gasteiger partial charge in [0, 0.05) is 12.1 Å². The minimum Gasteiger partial charge on any atom is -0.493 e. The molecule has 32 heavy (non-hydrogen) atoms. The number of carbonyl (C=O) groups excluding carboxylic acids is 1. The first-order chi connectivity index (χ1) is 15.5. The zero-order valence-electron chi connectivity index (χ0n) is 17.9. The van der Waals surface area contributed by atoms with Gasteiger partial charge in [0.2, 0.25) is 11.7 Å². The lowest BCUT2D eigenvalue weighted by atomic mass is 10.1. The Morgan fingerprint density at radius 2 is 1.84 bits per heavy atom. The fourth-order valence-corrected chi connectivity index (χ4v) is 3.92. The Morgan fingerprint density at radius 1 is 1.16 bits per heavy atom. The van der Waals surface area contributed by atoms with Crippen LogP contribution in [-0.2, 0) is 11.3 Å². The highest BCUT2D eigenvalue weighted by Crippen LogP contribution is 2.41. The van der Waals surface area contributed by atoms with E-state index in [0.717, 1.165) is 5.56 Å². The van der Waals surface area contributed by atoms with Crippen molar-refractivity contribution in [2.45, 2.75) is 11.7 Å². The van der Waals surface area contributed by atoms with E-state index in [4.69, 9.17) is 25.8 Å². The number of ether oxygens (including phenoxy) is 3. The number of allylic oxidation sites excluding steroid dienone is 1. The molecule has 1 aromatic heterocycles. The van der Waals surface area contributed by atoms with Crippen LogP contribution in [0.5, 0.6) is 17.2 Å². The molecule has 0 aliphatic rings. The maximum absolute atomic E-state index is 12.4. The number of nitrogens with zero attached hydrogens (tertiary/aromatic N) is 3. The lowest BCUT2D eigenvalue weighted by Crippen LogP contribution is -2.15. The number of methoxy groups -OCH3 is 3. The van der Waals surface area contributed by atoms with Gasteiger partial charge in [0.05, 0.1) is 37.8 Å². The van der Waals surface area contributed by atoms with Gasteiger partial charge < -0.3 is 19.5 Å². The predicted molar refractivity (Wildman–Crippen MR) is 126 cm³/mol. The normalized spacial score (nSPS) is 10.5. The number of thioether (sulfide) groups is 1. The van der Waals surface area contributed by atoms with Gasteiger partial charge in [-0.1, -0.05) is 41.6 Å². The summed E-state index contributed by atoms with van der Waals surface area (Å²) in [7, 11) is 4.64. The second-order valence-corrected chi connectivity index (χ2v) is 7.79. The van der Waals surface area contributed by atoms with Crippen molar-refractivity contribution in [1.29, 1.82) is 0 Å². The molecule has 1 N–H and O–H groups in total. The Kier molecular flexibility index (Phi) is 8.02. The number of para-hydroxylation sites is 1. The summed E-state index contributed by atoms with van der Waals surface area (Å²) >= 11 is 7.37. The number of rotatable bonds is 10. The van der Waals surface area contributed by atoms with Crippen molar-refractivity contribution < 1.29 is 19.0 Å². The lowest BCUT2D eigenvalue weighted by molar-refractivity contribution is -0.113. The number of hydrogen-bond donors (Lipinski definition) is 1. The van der Waals surface area contributed by atoms with Gasteiger partial charge in [0.1, 0.15) is 0 Å². The third kappa shape index (κ3) is 5.17. The van der Waals surface area contributed by atoms with E-state index in [0.29, 0.717) is 45.5 Å². The van der Waals surface area contributed by atoms with Crippen LogP contribution in [0.25, 0.3) is 11.4 Å². The van der Waals surface area contributed by atoms with Crippen molar-refractivity contribution >= 4 is 35.0 Å². The zero-order valence-corrected chi connectivity index (χ0v) is 19.5. The van der Waals surface area contributed by atoms with Crippen molar-refractivity contribution in [2.24, 2.45) is 0 Å². The molecule has 0 spiro atoms. The minimum atomic E-state index is -0.203. The number of amides is 1. The van der Waals surface area contributed by atoms with E-state index in [1.165, 1.54) is 11.8 Å². The van der Waals surface area contributed by atoms with Gasteiger partial charge in [0.15, 0.2) is 22.5 Å². The van der Waals surface area contributed by atoms with Crippen LogP contribution < -0.4 is 19.5 Å². The number of hydrogen-bond acceptors (Lipinski definition) is 7. The maximum atomic E-state index is 12.4. The van der Waals surface area contributed by atoms with E-state index in [1.54, 1.807) is 63.8 Å². The first kappa shape index (κ1) is 23.5. The smallest absolute Gasteiger partial charge is 0.234 e. The average Bonchev–Trinajstić information content (AvgIpc) is 3.21. The van der Waals surface area contributed by atoms with E-state index in [9.17, 15) is 4.79 Å². The maximum Gasteiger partial charge on any atom is 0.234 e. The van der Waals surface area contributed by atoms with Crippen LogP contribution in [0.1, 0.15) is 0 Å². The molecular formula is C22H23ClN4O4S. The van der Waals surface area contributed by atoms with Crippen molar-refractivity contribution in [3.8, 4) is 28.6 Å². The van der Waals surface area contributed by atoms with Crippen LogP contribution in [-0.4, -0.2) is 47.8 Å². The summed E-state index contributed by atoms with van der Waals surface area (Å²) in [4.78, 5) is 12.4. The standard InChI is InChI=1S/C22H23ClN4O4S/c1-5-10-27-21(14-11-17(29-2)20(31-4)18(12-14)30-3)25-26-22(27)32-13-19(28)24-16-9-7-6-8-15(16)23/h5-9,11-12H,1,10,13H2,2-4H3,(H,24,28). The summed E-state index contributed by atoms with van der Waals surface area (Å²) in [5.41, 5.74) is 1.28. The highest BCUT2D eigenvalue weighted by molar-refractivity contribution is 7.99. The SMILES string of the molecule is C=CCn1c(SCC(=O)Nc2ccccc2Cl)nnc1-c1cc(OC)c(OC)c(OC)c1. The molecule has 8 nitrogen and oxygen atoms in total. The molecule has 0 radical (unpaired) electrons. The molecule has 0 aliphatic carbocycles. The minimum absolute atomic E-state index is 0.135. The van der Waals surface area contributed by atoms with Crippen LogP contribution >= 0.6 is 23.4 Å². The highest BCUT2D eigenvalue weighted by Gasteiger charge is 2.20. The summed E-state index contributed by atoms with van der Waals surface area (Å²) in [5.74, 6) is 2.00. The number of nitrogens with one attached hydrogen (secondary N) is 1. The first-order valence-electron chi connectivity index (χ1n) is 9.54. The van der Waals surface area contributed by atoms with E-state index in [2.05, 4.69) is 22.1 Å². The molecule has 2 aromatic carbocycles. The Balaban J connectivity index is 1.85. The van der Waals surface area contributed by atoms with Crippen LogP contribution in [0.2, 0.25) is 5.02 Å². The highest BCUT2D eigenvalue weighted by atomic mass is 35.5. The second kappa shape index (κ2) is 10.9.